The molecule has 106 valence electrons. The van der Waals surface area contributed by atoms with Crippen LogP contribution in [0.3, 0.4) is 0 Å². The molecule has 0 spiro atoms. The first kappa shape index (κ1) is 14.8. The van der Waals surface area contributed by atoms with Crippen molar-refractivity contribution in [3.63, 3.8) is 0 Å². The molecule has 1 fully saturated rings. The van der Waals surface area contributed by atoms with Gasteiger partial charge in [-0.05, 0) is 40.8 Å². The van der Waals surface area contributed by atoms with Crippen LogP contribution in [-0.2, 0) is 0 Å². The number of aromatic amines is 1. The SMILES string of the molecule is N#C[C@@H](NC(=O)c1c[nH]c(=O)c(Br)c1)C1CCCCC1. The fraction of sp³-hybridized carbons (Fsp3) is 0.500. The molecule has 1 aromatic rings. The number of hydrogen-bond donors (Lipinski definition) is 2. The van der Waals surface area contributed by atoms with Gasteiger partial charge in [0.1, 0.15) is 6.04 Å². The Morgan fingerprint density at radius 2 is 2.15 bits per heavy atom. The van der Waals surface area contributed by atoms with E-state index in [9.17, 15) is 14.9 Å². The summed E-state index contributed by atoms with van der Waals surface area (Å²) in [6.07, 6.45) is 6.75. The average Bonchev–Trinajstić information content (AvgIpc) is 2.48. The highest BCUT2D eigenvalue weighted by Crippen LogP contribution is 2.26. The summed E-state index contributed by atoms with van der Waals surface area (Å²) in [5.74, 6) is -0.108. The molecule has 1 heterocycles. The number of carbonyl (C=O) groups excluding carboxylic acids is 1. The van der Waals surface area contributed by atoms with Crippen molar-refractivity contribution in [2.45, 2.75) is 38.1 Å². The number of H-pyrrole nitrogens is 1. The molecule has 1 atom stereocenters. The molecule has 20 heavy (non-hydrogen) atoms. The normalized spacial score (nSPS) is 17.2. The monoisotopic (exact) mass is 337 g/mol. The average molecular weight is 338 g/mol. The molecule has 0 aliphatic heterocycles. The van der Waals surface area contributed by atoms with Gasteiger partial charge >= 0.3 is 0 Å². The molecule has 1 aliphatic rings. The minimum Gasteiger partial charge on any atom is -0.336 e. The summed E-state index contributed by atoms with van der Waals surface area (Å²) >= 11 is 3.09. The highest BCUT2D eigenvalue weighted by molar-refractivity contribution is 9.10. The van der Waals surface area contributed by atoms with E-state index in [1.807, 2.05) is 0 Å². The Kier molecular flexibility index (Phi) is 4.96. The molecule has 0 unspecified atom stereocenters. The van der Waals surface area contributed by atoms with Gasteiger partial charge in [0.2, 0.25) is 0 Å². The summed E-state index contributed by atoms with van der Waals surface area (Å²) in [5.41, 5.74) is 0.0539. The van der Waals surface area contributed by atoms with Gasteiger partial charge in [-0.2, -0.15) is 5.26 Å². The molecule has 0 radical (unpaired) electrons. The lowest BCUT2D eigenvalue weighted by Gasteiger charge is -2.26. The third-order valence-electron chi connectivity index (χ3n) is 3.67. The Hall–Kier alpha value is -1.61. The zero-order chi connectivity index (χ0) is 14.5. The third-order valence-corrected chi connectivity index (χ3v) is 4.26. The van der Waals surface area contributed by atoms with E-state index in [1.54, 1.807) is 0 Å². The molecule has 1 amide bonds. The molecule has 2 rings (SSSR count). The van der Waals surface area contributed by atoms with Crippen molar-refractivity contribution in [1.82, 2.24) is 10.3 Å². The lowest BCUT2D eigenvalue weighted by Crippen LogP contribution is -2.40. The maximum Gasteiger partial charge on any atom is 0.262 e. The number of pyridine rings is 1. The van der Waals surface area contributed by atoms with Gasteiger partial charge < -0.3 is 10.3 Å². The standard InChI is InChI=1S/C14H16BrN3O2/c15-11-6-10(8-17-14(11)20)13(19)18-12(7-16)9-4-2-1-3-5-9/h6,8-9,12H,1-5H2,(H,17,20)(H,18,19)/t12-/m1/s1. The first-order valence-corrected chi connectivity index (χ1v) is 7.50. The molecule has 2 N–H and O–H groups in total. The first-order chi connectivity index (χ1) is 9.61. The van der Waals surface area contributed by atoms with Gasteiger partial charge in [0, 0.05) is 6.20 Å². The van der Waals surface area contributed by atoms with Crippen LogP contribution in [0.1, 0.15) is 42.5 Å². The van der Waals surface area contributed by atoms with Crippen LogP contribution in [-0.4, -0.2) is 16.9 Å². The van der Waals surface area contributed by atoms with Crippen molar-refractivity contribution in [2.75, 3.05) is 0 Å². The maximum absolute atomic E-state index is 12.1. The van der Waals surface area contributed by atoms with Crippen molar-refractivity contribution in [2.24, 2.45) is 5.92 Å². The summed E-state index contributed by atoms with van der Waals surface area (Å²) in [6.45, 7) is 0. The highest BCUT2D eigenvalue weighted by atomic mass is 79.9. The molecular weight excluding hydrogens is 322 g/mol. The number of carbonyl (C=O) groups is 1. The highest BCUT2D eigenvalue weighted by Gasteiger charge is 2.25. The number of nitrogens with one attached hydrogen (secondary N) is 2. The number of nitriles is 1. The van der Waals surface area contributed by atoms with Crippen LogP contribution in [0.5, 0.6) is 0 Å². The van der Waals surface area contributed by atoms with Gasteiger partial charge in [-0.15, -0.1) is 0 Å². The van der Waals surface area contributed by atoms with Crippen LogP contribution in [0.25, 0.3) is 0 Å². The van der Waals surface area contributed by atoms with Gasteiger partial charge in [-0.3, -0.25) is 9.59 Å². The minimum atomic E-state index is -0.464. The minimum absolute atomic E-state index is 0.226. The van der Waals surface area contributed by atoms with Gasteiger partial charge in [-0.1, -0.05) is 19.3 Å². The van der Waals surface area contributed by atoms with E-state index in [-0.39, 0.29) is 17.4 Å². The van der Waals surface area contributed by atoms with E-state index in [4.69, 9.17) is 0 Å². The largest absolute Gasteiger partial charge is 0.336 e. The fourth-order valence-corrected chi connectivity index (χ4v) is 2.90. The molecule has 0 bridgehead atoms. The molecule has 5 nitrogen and oxygen atoms in total. The van der Waals surface area contributed by atoms with Crippen LogP contribution in [0.2, 0.25) is 0 Å². The van der Waals surface area contributed by atoms with Gasteiger partial charge in [0.25, 0.3) is 11.5 Å². The molecule has 6 heteroatoms. The quantitative estimate of drug-likeness (QED) is 0.887. The van der Waals surface area contributed by atoms with Gasteiger partial charge in [0.15, 0.2) is 0 Å². The van der Waals surface area contributed by atoms with E-state index in [0.29, 0.717) is 10.0 Å². The van der Waals surface area contributed by atoms with E-state index >= 15 is 0 Å². The summed E-state index contributed by atoms with van der Waals surface area (Å²) in [7, 11) is 0. The van der Waals surface area contributed by atoms with Crippen LogP contribution in [0, 0.1) is 17.2 Å². The van der Waals surface area contributed by atoms with Crippen LogP contribution in [0.15, 0.2) is 21.5 Å². The Morgan fingerprint density at radius 3 is 2.75 bits per heavy atom. The van der Waals surface area contributed by atoms with Crippen molar-refractivity contribution < 1.29 is 4.79 Å². The van der Waals surface area contributed by atoms with E-state index in [2.05, 4.69) is 32.3 Å². The number of amides is 1. The topological polar surface area (TPSA) is 85.8 Å². The van der Waals surface area contributed by atoms with Gasteiger partial charge in [0.05, 0.1) is 16.1 Å². The van der Waals surface area contributed by atoms with Crippen molar-refractivity contribution >= 4 is 21.8 Å². The second-order valence-corrected chi connectivity index (χ2v) is 5.90. The predicted molar refractivity (Wildman–Crippen MR) is 78.2 cm³/mol. The Bertz CT molecular complexity index is 585. The first-order valence-electron chi connectivity index (χ1n) is 6.70. The molecule has 1 saturated carbocycles. The number of aromatic nitrogens is 1. The van der Waals surface area contributed by atoms with Crippen molar-refractivity contribution in [1.29, 1.82) is 5.26 Å². The number of rotatable bonds is 3. The number of hydrogen-bond acceptors (Lipinski definition) is 3. The smallest absolute Gasteiger partial charge is 0.262 e. The summed E-state index contributed by atoms with van der Waals surface area (Å²) in [6, 6.07) is 3.18. The van der Waals surface area contributed by atoms with Crippen LogP contribution < -0.4 is 10.9 Å². The summed E-state index contributed by atoms with van der Waals surface area (Å²) < 4.78 is 0.302. The molecule has 0 saturated heterocycles. The summed E-state index contributed by atoms with van der Waals surface area (Å²) in [5, 5.41) is 12.0. The Morgan fingerprint density at radius 1 is 1.45 bits per heavy atom. The Labute approximate surface area is 125 Å². The second kappa shape index (κ2) is 6.71. The maximum atomic E-state index is 12.1. The lowest BCUT2D eigenvalue weighted by atomic mass is 9.84. The van der Waals surface area contributed by atoms with Crippen molar-refractivity contribution in [3.8, 4) is 6.07 Å². The molecular formula is C14H16BrN3O2. The van der Waals surface area contributed by atoms with E-state index < -0.39 is 6.04 Å². The zero-order valence-electron chi connectivity index (χ0n) is 11.0. The number of nitrogens with zero attached hydrogens (tertiary/aromatic N) is 1. The molecule has 0 aromatic carbocycles. The zero-order valence-corrected chi connectivity index (χ0v) is 12.6. The number of halogens is 1. The third kappa shape index (κ3) is 3.48. The summed E-state index contributed by atoms with van der Waals surface area (Å²) in [4.78, 5) is 25.8. The Balaban J connectivity index is 2.06. The van der Waals surface area contributed by atoms with Gasteiger partial charge in [-0.25, -0.2) is 0 Å². The molecule has 1 aromatic heterocycles. The second-order valence-electron chi connectivity index (χ2n) is 5.04. The van der Waals surface area contributed by atoms with Crippen LogP contribution >= 0.6 is 15.9 Å². The van der Waals surface area contributed by atoms with Crippen molar-refractivity contribution in [3.05, 3.63) is 32.7 Å². The van der Waals surface area contributed by atoms with Crippen LogP contribution in [0.4, 0.5) is 0 Å². The molecule has 1 aliphatic carbocycles. The predicted octanol–water partition coefficient (Wildman–Crippen LogP) is 2.34. The fourth-order valence-electron chi connectivity index (χ4n) is 2.53. The van der Waals surface area contributed by atoms with E-state index in [1.165, 1.54) is 18.7 Å². The lowest BCUT2D eigenvalue weighted by molar-refractivity contribution is 0.0928. The van der Waals surface area contributed by atoms with E-state index in [0.717, 1.165) is 25.7 Å².